The summed E-state index contributed by atoms with van der Waals surface area (Å²) in [5.41, 5.74) is 2.48. The normalized spacial score (nSPS) is 10.2. The Labute approximate surface area is 169 Å². The zero-order chi connectivity index (χ0) is 20.6. The zero-order valence-corrected chi connectivity index (χ0v) is 16.6. The Bertz CT molecular complexity index is 974. The van der Waals surface area contributed by atoms with Gasteiger partial charge in [-0.25, -0.2) is 0 Å². The Hall–Kier alpha value is -3.74. The molecule has 0 spiro atoms. The van der Waals surface area contributed by atoms with Crippen molar-refractivity contribution in [2.24, 2.45) is 0 Å². The molecule has 2 aromatic carbocycles. The zero-order valence-electron chi connectivity index (χ0n) is 16.6. The first kappa shape index (κ1) is 20.0. The Kier molecular flexibility index (Phi) is 6.52. The second-order valence-corrected chi connectivity index (χ2v) is 6.07. The third-order valence-corrected chi connectivity index (χ3v) is 4.11. The van der Waals surface area contributed by atoms with Gasteiger partial charge in [0.05, 0.1) is 44.0 Å². The van der Waals surface area contributed by atoms with Gasteiger partial charge in [0.25, 0.3) is 5.91 Å². The van der Waals surface area contributed by atoms with Gasteiger partial charge in [-0.3, -0.25) is 9.78 Å². The molecule has 0 saturated heterocycles. The van der Waals surface area contributed by atoms with E-state index in [0.29, 0.717) is 35.0 Å². The van der Waals surface area contributed by atoms with Crippen LogP contribution in [0.2, 0.25) is 0 Å². The lowest BCUT2D eigenvalue weighted by Crippen LogP contribution is -2.13. The summed E-state index contributed by atoms with van der Waals surface area (Å²) in [5.74, 6) is 1.65. The molecular weight excluding hydrogens is 370 g/mol. The third kappa shape index (κ3) is 5.16. The van der Waals surface area contributed by atoms with Crippen molar-refractivity contribution in [3.05, 3.63) is 66.5 Å². The molecule has 0 bridgehead atoms. The molecule has 0 radical (unpaired) electrons. The highest BCUT2D eigenvalue weighted by molar-refractivity contribution is 6.05. The van der Waals surface area contributed by atoms with Crippen LogP contribution < -0.4 is 24.8 Å². The summed E-state index contributed by atoms with van der Waals surface area (Å²) < 4.78 is 16.0. The van der Waals surface area contributed by atoms with Crippen LogP contribution in [-0.2, 0) is 0 Å². The number of carbonyl (C=O) groups excluding carboxylic acids is 1. The number of aromatic nitrogens is 1. The fraction of sp³-hybridized carbons (Fsp3) is 0.182. The Balaban J connectivity index is 1.74. The lowest BCUT2D eigenvalue weighted by Gasteiger charge is -2.12. The Morgan fingerprint density at radius 1 is 0.931 bits per heavy atom. The maximum absolute atomic E-state index is 12.7. The third-order valence-electron chi connectivity index (χ3n) is 4.11. The average Bonchev–Trinajstić information content (AvgIpc) is 2.75. The number of anilines is 3. The van der Waals surface area contributed by atoms with E-state index in [1.807, 2.05) is 31.2 Å². The van der Waals surface area contributed by atoms with Crippen molar-refractivity contribution < 1.29 is 19.0 Å². The van der Waals surface area contributed by atoms with Gasteiger partial charge in [0.15, 0.2) is 0 Å². The molecule has 2 N–H and O–H groups in total. The molecule has 1 heterocycles. The number of nitrogens with one attached hydrogen (secondary N) is 2. The predicted octanol–water partition coefficient (Wildman–Crippen LogP) is 4.49. The standard InChI is InChI=1S/C22H23N3O4/c1-4-29-18-7-5-16(6-8-18)24-17-11-15(13-23-14-17)22(26)25-20-12-19(27-2)9-10-21(20)28-3/h5-14,24H,4H2,1-3H3,(H,25,26). The minimum atomic E-state index is -0.306. The highest BCUT2D eigenvalue weighted by Crippen LogP contribution is 2.29. The largest absolute Gasteiger partial charge is 0.497 e. The van der Waals surface area contributed by atoms with E-state index in [4.69, 9.17) is 14.2 Å². The molecular formula is C22H23N3O4. The summed E-state index contributed by atoms with van der Waals surface area (Å²) in [4.78, 5) is 16.9. The maximum atomic E-state index is 12.7. The van der Waals surface area contributed by atoms with Gasteiger partial charge in [-0.1, -0.05) is 0 Å². The van der Waals surface area contributed by atoms with Crippen LogP contribution in [0.3, 0.4) is 0 Å². The maximum Gasteiger partial charge on any atom is 0.257 e. The molecule has 0 saturated carbocycles. The molecule has 0 atom stereocenters. The lowest BCUT2D eigenvalue weighted by molar-refractivity contribution is 0.102. The van der Waals surface area contributed by atoms with Gasteiger partial charge in [0.2, 0.25) is 0 Å². The average molecular weight is 393 g/mol. The quantitative estimate of drug-likeness (QED) is 0.587. The number of carbonyl (C=O) groups is 1. The van der Waals surface area contributed by atoms with Crippen LogP contribution in [-0.4, -0.2) is 31.7 Å². The molecule has 0 aliphatic carbocycles. The van der Waals surface area contributed by atoms with Gasteiger partial charge in [0.1, 0.15) is 17.2 Å². The van der Waals surface area contributed by atoms with Gasteiger partial charge in [-0.2, -0.15) is 0 Å². The molecule has 1 aromatic heterocycles. The van der Waals surface area contributed by atoms with Crippen LogP contribution in [0.25, 0.3) is 0 Å². The van der Waals surface area contributed by atoms with Gasteiger partial charge in [-0.05, 0) is 49.4 Å². The van der Waals surface area contributed by atoms with Crippen LogP contribution in [0.1, 0.15) is 17.3 Å². The van der Waals surface area contributed by atoms with Gasteiger partial charge in [0, 0.05) is 18.0 Å². The summed E-state index contributed by atoms with van der Waals surface area (Å²) in [6, 6.07) is 14.5. The number of hydrogen-bond acceptors (Lipinski definition) is 6. The summed E-state index contributed by atoms with van der Waals surface area (Å²) in [6.45, 7) is 2.56. The summed E-state index contributed by atoms with van der Waals surface area (Å²) in [7, 11) is 3.10. The first-order valence-electron chi connectivity index (χ1n) is 9.11. The van der Waals surface area contributed by atoms with E-state index in [0.717, 1.165) is 11.4 Å². The predicted molar refractivity (Wildman–Crippen MR) is 113 cm³/mol. The highest BCUT2D eigenvalue weighted by atomic mass is 16.5. The minimum absolute atomic E-state index is 0.306. The number of pyridine rings is 1. The topological polar surface area (TPSA) is 81.7 Å². The molecule has 3 rings (SSSR count). The van der Waals surface area contributed by atoms with E-state index in [2.05, 4.69) is 15.6 Å². The van der Waals surface area contributed by atoms with E-state index in [1.54, 1.807) is 44.7 Å². The monoisotopic (exact) mass is 393 g/mol. The fourth-order valence-electron chi connectivity index (χ4n) is 2.71. The smallest absolute Gasteiger partial charge is 0.257 e. The van der Waals surface area contributed by atoms with Crippen molar-refractivity contribution in [2.75, 3.05) is 31.5 Å². The minimum Gasteiger partial charge on any atom is -0.497 e. The number of hydrogen-bond donors (Lipinski definition) is 2. The van der Waals surface area contributed by atoms with Crippen molar-refractivity contribution >= 4 is 23.0 Å². The number of nitrogens with zero attached hydrogens (tertiary/aromatic N) is 1. The van der Waals surface area contributed by atoms with E-state index in [-0.39, 0.29) is 5.91 Å². The molecule has 3 aromatic rings. The van der Waals surface area contributed by atoms with Crippen LogP contribution in [0, 0.1) is 0 Å². The van der Waals surface area contributed by atoms with E-state index in [1.165, 1.54) is 6.20 Å². The summed E-state index contributed by atoms with van der Waals surface area (Å²) in [5, 5.41) is 6.07. The molecule has 7 nitrogen and oxygen atoms in total. The van der Waals surface area contributed by atoms with Crippen molar-refractivity contribution in [3.8, 4) is 17.2 Å². The second kappa shape index (κ2) is 9.45. The highest BCUT2D eigenvalue weighted by Gasteiger charge is 2.12. The number of rotatable bonds is 8. The lowest BCUT2D eigenvalue weighted by atomic mass is 10.2. The van der Waals surface area contributed by atoms with E-state index in [9.17, 15) is 4.79 Å². The number of methoxy groups -OCH3 is 2. The van der Waals surface area contributed by atoms with Crippen molar-refractivity contribution in [1.29, 1.82) is 0 Å². The second-order valence-electron chi connectivity index (χ2n) is 6.07. The van der Waals surface area contributed by atoms with Crippen molar-refractivity contribution in [1.82, 2.24) is 4.98 Å². The molecule has 0 aliphatic heterocycles. The Morgan fingerprint density at radius 2 is 1.69 bits per heavy atom. The van der Waals surface area contributed by atoms with Crippen molar-refractivity contribution in [2.45, 2.75) is 6.92 Å². The van der Waals surface area contributed by atoms with Crippen LogP contribution in [0.5, 0.6) is 17.2 Å². The summed E-state index contributed by atoms with van der Waals surface area (Å²) in [6.07, 6.45) is 3.16. The molecule has 7 heteroatoms. The van der Waals surface area contributed by atoms with Crippen molar-refractivity contribution in [3.63, 3.8) is 0 Å². The molecule has 0 unspecified atom stereocenters. The molecule has 150 valence electrons. The molecule has 29 heavy (non-hydrogen) atoms. The Morgan fingerprint density at radius 3 is 2.38 bits per heavy atom. The van der Waals surface area contributed by atoms with Crippen LogP contribution in [0.4, 0.5) is 17.1 Å². The SMILES string of the molecule is CCOc1ccc(Nc2cncc(C(=O)Nc3cc(OC)ccc3OC)c2)cc1. The van der Waals surface area contributed by atoms with E-state index >= 15 is 0 Å². The molecule has 0 fully saturated rings. The van der Waals surface area contributed by atoms with Crippen LogP contribution in [0.15, 0.2) is 60.9 Å². The summed E-state index contributed by atoms with van der Waals surface area (Å²) >= 11 is 0. The molecule has 1 amide bonds. The van der Waals surface area contributed by atoms with Gasteiger partial charge >= 0.3 is 0 Å². The first-order valence-corrected chi connectivity index (χ1v) is 9.11. The first-order chi connectivity index (χ1) is 14.1. The fourth-order valence-corrected chi connectivity index (χ4v) is 2.71. The van der Waals surface area contributed by atoms with Gasteiger partial charge in [-0.15, -0.1) is 0 Å². The number of ether oxygens (including phenoxy) is 3. The van der Waals surface area contributed by atoms with Crippen LogP contribution >= 0.6 is 0 Å². The number of benzene rings is 2. The van der Waals surface area contributed by atoms with E-state index < -0.39 is 0 Å². The molecule has 0 aliphatic rings. The number of amides is 1. The van der Waals surface area contributed by atoms with Gasteiger partial charge < -0.3 is 24.8 Å².